The van der Waals surface area contributed by atoms with Gasteiger partial charge in [0.2, 0.25) is 0 Å². The Bertz CT molecular complexity index is 633. The number of carbonyl (C=O) groups is 2. The first-order valence-corrected chi connectivity index (χ1v) is 8.74. The van der Waals surface area contributed by atoms with Gasteiger partial charge in [-0.25, -0.2) is 4.79 Å². The van der Waals surface area contributed by atoms with E-state index in [9.17, 15) is 9.59 Å². The standard InChI is InChI=1S/C19H24N2O3/c1-2-24-19(23)16-13-21(15-11-7-4-8-12-15)18(22)17(16)20-14-9-5-3-6-10-14/h3,5-6,9-10,15,20H,2,4,7-8,11-13H2,1H3. The fourth-order valence-corrected chi connectivity index (χ4v) is 3.46. The molecule has 1 fully saturated rings. The summed E-state index contributed by atoms with van der Waals surface area (Å²) >= 11 is 0. The number of nitrogens with zero attached hydrogens (tertiary/aromatic N) is 1. The molecule has 0 spiro atoms. The third-order valence-corrected chi connectivity index (χ3v) is 4.69. The first-order chi connectivity index (χ1) is 11.7. The zero-order valence-electron chi connectivity index (χ0n) is 14.1. The van der Waals surface area contributed by atoms with Gasteiger partial charge >= 0.3 is 5.97 Å². The van der Waals surface area contributed by atoms with Crippen LogP contribution in [0.2, 0.25) is 0 Å². The van der Waals surface area contributed by atoms with Crippen LogP contribution < -0.4 is 5.32 Å². The summed E-state index contributed by atoms with van der Waals surface area (Å²) in [6.45, 7) is 2.43. The van der Waals surface area contributed by atoms with E-state index in [0.717, 1.165) is 31.4 Å². The fraction of sp³-hybridized carbons (Fsp3) is 0.474. The molecule has 1 aromatic rings. The van der Waals surface area contributed by atoms with Gasteiger partial charge in [0.25, 0.3) is 5.91 Å². The highest BCUT2D eigenvalue weighted by Crippen LogP contribution is 2.30. The number of ether oxygens (including phenoxy) is 1. The number of nitrogens with one attached hydrogen (secondary N) is 1. The molecular formula is C19H24N2O3. The Hall–Kier alpha value is -2.30. The van der Waals surface area contributed by atoms with Crippen molar-refractivity contribution in [3.05, 3.63) is 41.6 Å². The Balaban J connectivity index is 1.84. The number of anilines is 1. The first kappa shape index (κ1) is 16.6. The van der Waals surface area contributed by atoms with E-state index >= 15 is 0 Å². The monoisotopic (exact) mass is 328 g/mol. The van der Waals surface area contributed by atoms with Crippen LogP contribution in [-0.2, 0) is 14.3 Å². The molecule has 0 radical (unpaired) electrons. The molecule has 0 bridgehead atoms. The van der Waals surface area contributed by atoms with Crippen molar-refractivity contribution in [1.82, 2.24) is 4.90 Å². The Kier molecular flexibility index (Phi) is 5.18. The Morgan fingerprint density at radius 1 is 1.21 bits per heavy atom. The van der Waals surface area contributed by atoms with Crippen molar-refractivity contribution in [3.8, 4) is 0 Å². The molecule has 0 saturated heterocycles. The third kappa shape index (κ3) is 3.45. The minimum absolute atomic E-state index is 0.0891. The zero-order valence-corrected chi connectivity index (χ0v) is 14.1. The van der Waals surface area contributed by atoms with Crippen molar-refractivity contribution in [1.29, 1.82) is 0 Å². The molecule has 1 aromatic carbocycles. The first-order valence-electron chi connectivity index (χ1n) is 8.74. The normalized spacial score (nSPS) is 18.9. The lowest BCUT2D eigenvalue weighted by molar-refractivity contribution is -0.138. The summed E-state index contributed by atoms with van der Waals surface area (Å²) < 4.78 is 5.16. The van der Waals surface area contributed by atoms with Gasteiger partial charge in [-0.15, -0.1) is 0 Å². The molecule has 1 saturated carbocycles. The van der Waals surface area contributed by atoms with Gasteiger partial charge in [-0.2, -0.15) is 0 Å². The summed E-state index contributed by atoms with van der Waals surface area (Å²) in [6.07, 6.45) is 5.54. The number of hydrogen-bond acceptors (Lipinski definition) is 4. The summed E-state index contributed by atoms with van der Waals surface area (Å²) in [5.41, 5.74) is 1.61. The second-order valence-electron chi connectivity index (χ2n) is 6.29. The maximum absolute atomic E-state index is 12.9. The number of benzene rings is 1. The number of para-hydroxylation sites is 1. The molecule has 0 unspecified atom stereocenters. The van der Waals surface area contributed by atoms with Crippen molar-refractivity contribution in [2.75, 3.05) is 18.5 Å². The van der Waals surface area contributed by atoms with Gasteiger partial charge in [-0.05, 0) is 31.9 Å². The molecule has 1 N–H and O–H groups in total. The molecule has 5 heteroatoms. The van der Waals surface area contributed by atoms with E-state index in [1.807, 2.05) is 35.2 Å². The molecule has 1 aliphatic heterocycles. The summed E-state index contributed by atoms with van der Waals surface area (Å²) in [5.74, 6) is -0.489. The fourth-order valence-electron chi connectivity index (χ4n) is 3.46. The number of esters is 1. The Labute approximate surface area is 142 Å². The molecule has 1 aliphatic carbocycles. The largest absolute Gasteiger partial charge is 0.463 e. The van der Waals surface area contributed by atoms with Crippen LogP contribution in [0.25, 0.3) is 0 Å². The number of rotatable bonds is 5. The van der Waals surface area contributed by atoms with Crippen molar-refractivity contribution in [3.63, 3.8) is 0 Å². The van der Waals surface area contributed by atoms with Crippen LogP contribution in [0.1, 0.15) is 39.0 Å². The Morgan fingerprint density at radius 3 is 2.58 bits per heavy atom. The van der Waals surface area contributed by atoms with Crippen LogP contribution in [0.4, 0.5) is 5.69 Å². The highest BCUT2D eigenvalue weighted by Gasteiger charge is 2.38. The van der Waals surface area contributed by atoms with Crippen LogP contribution in [0.15, 0.2) is 41.6 Å². The lowest BCUT2D eigenvalue weighted by atomic mass is 9.94. The molecule has 1 amide bonds. The maximum Gasteiger partial charge on any atom is 0.338 e. The predicted octanol–water partition coefficient (Wildman–Crippen LogP) is 3.09. The molecule has 2 aliphatic rings. The summed E-state index contributed by atoms with van der Waals surface area (Å²) in [5, 5.41) is 3.14. The lowest BCUT2D eigenvalue weighted by Gasteiger charge is -2.31. The number of hydrogen-bond donors (Lipinski definition) is 1. The van der Waals surface area contributed by atoms with Gasteiger partial charge in [-0.1, -0.05) is 37.5 Å². The number of carbonyl (C=O) groups excluding carboxylic acids is 2. The van der Waals surface area contributed by atoms with Crippen molar-refractivity contribution < 1.29 is 14.3 Å². The summed E-state index contributed by atoms with van der Waals surface area (Å²) in [7, 11) is 0. The summed E-state index contributed by atoms with van der Waals surface area (Å²) in [6, 6.07) is 9.69. The highest BCUT2D eigenvalue weighted by atomic mass is 16.5. The van der Waals surface area contributed by atoms with Crippen molar-refractivity contribution in [2.45, 2.75) is 45.1 Å². The molecular weight excluding hydrogens is 304 g/mol. The van der Waals surface area contributed by atoms with E-state index in [0.29, 0.717) is 24.4 Å². The van der Waals surface area contributed by atoms with Crippen LogP contribution in [0.5, 0.6) is 0 Å². The van der Waals surface area contributed by atoms with E-state index in [2.05, 4.69) is 5.32 Å². The van der Waals surface area contributed by atoms with E-state index in [1.165, 1.54) is 6.42 Å². The minimum Gasteiger partial charge on any atom is -0.463 e. The smallest absolute Gasteiger partial charge is 0.338 e. The molecule has 5 nitrogen and oxygen atoms in total. The van der Waals surface area contributed by atoms with E-state index in [1.54, 1.807) is 6.92 Å². The maximum atomic E-state index is 12.9. The molecule has 3 rings (SSSR count). The van der Waals surface area contributed by atoms with Crippen LogP contribution in [-0.4, -0.2) is 36.0 Å². The van der Waals surface area contributed by atoms with Crippen LogP contribution >= 0.6 is 0 Å². The molecule has 128 valence electrons. The van der Waals surface area contributed by atoms with Gasteiger partial charge in [0, 0.05) is 11.7 Å². The van der Waals surface area contributed by atoms with Crippen molar-refractivity contribution >= 4 is 17.6 Å². The van der Waals surface area contributed by atoms with Crippen LogP contribution in [0.3, 0.4) is 0 Å². The van der Waals surface area contributed by atoms with E-state index in [-0.39, 0.29) is 11.9 Å². The van der Waals surface area contributed by atoms with Gasteiger partial charge in [0.15, 0.2) is 0 Å². The van der Waals surface area contributed by atoms with E-state index in [4.69, 9.17) is 4.74 Å². The molecule has 24 heavy (non-hydrogen) atoms. The topological polar surface area (TPSA) is 58.6 Å². The van der Waals surface area contributed by atoms with E-state index < -0.39 is 5.97 Å². The lowest BCUT2D eigenvalue weighted by Crippen LogP contribution is -2.39. The van der Waals surface area contributed by atoms with Gasteiger partial charge in [0.05, 0.1) is 18.7 Å². The van der Waals surface area contributed by atoms with Gasteiger partial charge < -0.3 is 15.0 Å². The molecule has 0 atom stereocenters. The second kappa shape index (κ2) is 7.51. The molecule has 0 aromatic heterocycles. The van der Waals surface area contributed by atoms with Gasteiger partial charge in [0.1, 0.15) is 5.70 Å². The Morgan fingerprint density at radius 2 is 1.92 bits per heavy atom. The predicted molar refractivity (Wildman–Crippen MR) is 92.3 cm³/mol. The quantitative estimate of drug-likeness (QED) is 0.844. The van der Waals surface area contributed by atoms with Crippen molar-refractivity contribution in [2.24, 2.45) is 0 Å². The SMILES string of the molecule is CCOC(=O)C1=C(Nc2ccccc2)C(=O)N(C2CCCCC2)C1. The number of amides is 1. The average molecular weight is 328 g/mol. The van der Waals surface area contributed by atoms with Crippen LogP contribution in [0, 0.1) is 0 Å². The average Bonchev–Trinajstić information content (AvgIpc) is 2.94. The second-order valence-corrected chi connectivity index (χ2v) is 6.29. The summed E-state index contributed by atoms with van der Waals surface area (Å²) in [4.78, 5) is 27.1. The van der Waals surface area contributed by atoms with Gasteiger partial charge in [-0.3, -0.25) is 4.79 Å². The minimum atomic E-state index is -0.400. The highest BCUT2D eigenvalue weighted by molar-refractivity contribution is 6.08. The zero-order chi connectivity index (χ0) is 16.9. The third-order valence-electron chi connectivity index (χ3n) is 4.69. The molecule has 1 heterocycles.